The lowest BCUT2D eigenvalue weighted by Gasteiger charge is -2.21. The zero-order valence-electron chi connectivity index (χ0n) is 11.5. The quantitative estimate of drug-likeness (QED) is 0.877. The highest BCUT2D eigenvalue weighted by atomic mass is 35.5. The molecule has 4 nitrogen and oxygen atoms in total. The Bertz CT molecular complexity index is 517. The molecule has 0 radical (unpaired) electrons. The van der Waals surface area contributed by atoms with Crippen molar-refractivity contribution in [2.75, 3.05) is 13.6 Å². The number of rotatable bonds is 6. The zero-order chi connectivity index (χ0) is 14.6. The van der Waals surface area contributed by atoms with Gasteiger partial charge in [0.2, 0.25) is 10.0 Å². The van der Waals surface area contributed by atoms with E-state index in [4.69, 9.17) is 17.3 Å². The first-order chi connectivity index (χ1) is 8.75. The molecule has 1 aromatic carbocycles. The summed E-state index contributed by atoms with van der Waals surface area (Å²) in [6, 6.07) is 6.27. The van der Waals surface area contributed by atoms with Crippen LogP contribution in [0, 0.1) is 5.92 Å². The molecule has 1 unspecified atom stereocenters. The summed E-state index contributed by atoms with van der Waals surface area (Å²) in [6.45, 7) is 4.44. The number of hydrogen-bond acceptors (Lipinski definition) is 3. The number of hydrogen-bond donors (Lipinski definition) is 1. The number of benzene rings is 1. The lowest BCUT2D eigenvalue weighted by molar-refractivity contribution is 0.397. The van der Waals surface area contributed by atoms with E-state index in [9.17, 15) is 8.42 Å². The maximum atomic E-state index is 12.3. The monoisotopic (exact) mass is 304 g/mol. The lowest BCUT2D eigenvalue weighted by atomic mass is 10.0. The van der Waals surface area contributed by atoms with Gasteiger partial charge in [-0.25, -0.2) is 12.7 Å². The molecule has 0 saturated carbocycles. The van der Waals surface area contributed by atoms with Gasteiger partial charge in [0.1, 0.15) is 0 Å². The molecule has 6 heteroatoms. The second-order valence-electron chi connectivity index (χ2n) is 4.98. The first kappa shape index (κ1) is 16.4. The van der Waals surface area contributed by atoms with E-state index in [0.717, 1.165) is 0 Å². The van der Waals surface area contributed by atoms with Crippen molar-refractivity contribution in [3.05, 3.63) is 29.3 Å². The molecule has 0 aliphatic rings. The molecule has 0 bridgehead atoms. The molecule has 1 atom stereocenters. The minimum Gasteiger partial charge on any atom is -0.327 e. The minimum atomic E-state index is -3.49. The second kappa shape index (κ2) is 6.70. The summed E-state index contributed by atoms with van der Waals surface area (Å²) in [5, 5.41) is 0.411. The van der Waals surface area contributed by atoms with E-state index in [1.807, 2.05) is 13.8 Å². The average molecular weight is 305 g/mol. The molecule has 0 amide bonds. The Morgan fingerprint density at radius 3 is 2.53 bits per heavy atom. The van der Waals surface area contributed by atoms with Gasteiger partial charge in [0, 0.05) is 24.7 Å². The SMILES string of the molecule is CC(C)C(N)CCN(C)S(=O)(=O)c1cccc(Cl)c1. The van der Waals surface area contributed by atoms with Crippen molar-refractivity contribution in [3.8, 4) is 0 Å². The van der Waals surface area contributed by atoms with Gasteiger partial charge >= 0.3 is 0 Å². The van der Waals surface area contributed by atoms with Crippen LogP contribution < -0.4 is 5.73 Å². The Balaban J connectivity index is 2.78. The zero-order valence-corrected chi connectivity index (χ0v) is 13.1. The van der Waals surface area contributed by atoms with Gasteiger partial charge in [-0.1, -0.05) is 31.5 Å². The smallest absolute Gasteiger partial charge is 0.242 e. The van der Waals surface area contributed by atoms with Gasteiger partial charge in [0.05, 0.1) is 4.90 Å². The molecule has 1 rings (SSSR count). The normalized spacial score (nSPS) is 14.1. The van der Waals surface area contributed by atoms with E-state index < -0.39 is 10.0 Å². The van der Waals surface area contributed by atoms with Crippen molar-refractivity contribution in [1.29, 1.82) is 0 Å². The number of sulfonamides is 1. The summed E-state index contributed by atoms with van der Waals surface area (Å²) in [5.74, 6) is 0.335. The maximum Gasteiger partial charge on any atom is 0.242 e. The van der Waals surface area contributed by atoms with Crippen molar-refractivity contribution in [2.45, 2.75) is 31.2 Å². The van der Waals surface area contributed by atoms with Crippen molar-refractivity contribution in [2.24, 2.45) is 11.7 Å². The Kier molecular flexibility index (Phi) is 5.80. The first-order valence-electron chi connectivity index (χ1n) is 6.22. The Hall–Kier alpha value is -0.620. The van der Waals surface area contributed by atoms with E-state index in [0.29, 0.717) is 23.9 Å². The molecule has 1 aromatic rings. The summed E-state index contributed by atoms with van der Waals surface area (Å²) < 4.78 is 25.9. The Morgan fingerprint density at radius 2 is 2.00 bits per heavy atom. The Labute approximate surface area is 120 Å². The fourth-order valence-electron chi connectivity index (χ4n) is 1.59. The fourth-order valence-corrected chi connectivity index (χ4v) is 3.08. The highest BCUT2D eigenvalue weighted by molar-refractivity contribution is 7.89. The van der Waals surface area contributed by atoms with Crippen LogP contribution in [0.2, 0.25) is 5.02 Å². The van der Waals surface area contributed by atoms with Gasteiger partial charge < -0.3 is 5.73 Å². The summed E-state index contributed by atoms with van der Waals surface area (Å²) in [6.07, 6.45) is 0.633. The summed E-state index contributed by atoms with van der Waals surface area (Å²) in [7, 11) is -1.93. The van der Waals surface area contributed by atoms with Crippen LogP contribution in [0.15, 0.2) is 29.2 Å². The Morgan fingerprint density at radius 1 is 1.37 bits per heavy atom. The molecule has 0 aromatic heterocycles. The average Bonchev–Trinajstić information content (AvgIpc) is 2.35. The van der Waals surface area contributed by atoms with Crippen LogP contribution >= 0.6 is 11.6 Å². The third kappa shape index (κ3) is 4.45. The summed E-state index contributed by atoms with van der Waals surface area (Å²) >= 11 is 5.82. The van der Waals surface area contributed by atoms with Gasteiger partial charge in [-0.15, -0.1) is 0 Å². The van der Waals surface area contributed by atoms with E-state index in [-0.39, 0.29) is 10.9 Å². The van der Waals surface area contributed by atoms with E-state index in [1.54, 1.807) is 25.2 Å². The van der Waals surface area contributed by atoms with Gasteiger partial charge in [-0.2, -0.15) is 0 Å². The third-order valence-corrected chi connectivity index (χ3v) is 5.23. The minimum absolute atomic E-state index is 0.00277. The van der Waals surface area contributed by atoms with Crippen molar-refractivity contribution in [1.82, 2.24) is 4.31 Å². The number of nitrogens with zero attached hydrogens (tertiary/aromatic N) is 1. The highest BCUT2D eigenvalue weighted by Gasteiger charge is 2.21. The van der Waals surface area contributed by atoms with Gasteiger partial charge in [0.15, 0.2) is 0 Å². The molecule has 108 valence electrons. The van der Waals surface area contributed by atoms with Crippen LogP contribution in [0.3, 0.4) is 0 Å². The van der Waals surface area contributed by atoms with Crippen LogP contribution in [0.4, 0.5) is 0 Å². The maximum absolute atomic E-state index is 12.3. The largest absolute Gasteiger partial charge is 0.327 e. The molecular weight excluding hydrogens is 284 g/mol. The molecule has 0 heterocycles. The first-order valence-corrected chi connectivity index (χ1v) is 8.04. The summed E-state index contributed by atoms with van der Waals surface area (Å²) in [5.41, 5.74) is 5.93. The number of nitrogens with two attached hydrogens (primary N) is 1. The molecule has 0 saturated heterocycles. The van der Waals surface area contributed by atoms with Gasteiger partial charge in [-0.05, 0) is 30.5 Å². The lowest BCUT2D eigenvalue weighted by Crippen LogP contribution is -2.34. The van der Waals surface area contributed by atoms with Crippen LogP contribution in [0.5, 0.6) is 0 Å². The van der Waals surface area contributed by atoms with Crippen LogP contribution in [0.25, 0.3) is 0 Å². The second-order valence-corrected chi connectivity index (χ2v) is 7.46. The van der Waals surface area contributed by atoms with Crippen LogP contribution in [-0.4, -0.2) is 32.4 Å². The van der Waals surface area contributed by atoms with Crippen LogP contribution in [-0.2, 0) is 10.0 Å². The topological polar surface area (TPSA) is 63.4 Å². The molecular formula is C13H21ClN2O2S. The standard InChI is InChI=1S/C13H21ClN2O2S/c1-10(2)13(15)7-8-16(3)19(17,18)12-6-4-5-11(14)9-12/h4-6,9-10,13H,7-8,15H2,1-3H3. The highest BCUT2D eigenvalue weighted by Crippen LogP contribution is 2.19. The molecule has 0 spiro atoms. The van der Waals surface area contributed by atoms with E-state index in [2.05, 4.69) is 0 Å². The molecule has 2 N–H and O–H groups in total. The molecule has 0 aliphatic heterocycles. The molecule has 19 heavy (non-hydrogen) atoms. The number of halogens is 1. The summed E-state index contributed by atoms with van der Waals surface area (Å²) in [4.78, 5) is 0.209. The fraction of sp³-hybridized carbons (Fsp3) is 0.538. The van der Waals surface area contributed by atoms with Crippen molar-refractivity contribution in [3.63, 3.8) is 0 Å². The predicted octanol–water partition coefficient (Wildman–Crippen LogP) is 2.33. The van der Waals surface area contributed by atoms with Gasteiger partial charge in [-0.3, -0.25) is 0 Å². The van der Waals surface area contributed by atoms with E-state index >= 15 is 0 Å². The van der Waals surface area contributed by atoms with E-state index in [1.165, 1.54) is 10.4 Å². The molecule has 0 fully saturated rings. The van der Waals surface area contributed by atoms with Crippen molar-refractivity contribution < 1.29 is 8.42 Å². The van der Waals surface area contributed by atoms with Gasteiger partial charge in [0.25, 0.3) is 0 Å². The van der Waals surface area contributed by atoms with Crippen molar-refractivity contribution >= 4 is 21.6 Å². The molecule has 0 aliphatic carbocycles. The predicted molar refractivity (Wildman–Crippen MR) is 78.7 cm³/mol. The third-order valence-electron chi connectivity index (χ3n) is 3.14. The van der Waals surface area contributed by atoms with Crippen LogP contribution in [0.1, 0.15) is 20.3 Å².